The summed E-state index contributed by atoms with van der Waals surface area (Å²) in [5.74, 6) is -1.48. The second kappa shape index (κ2) is 6.10. The molecular formula is C14H23NO5. The van der Waals surface area contributed by atoms with Gasteiger partial charge in [-0.3, -0.25) is 9.59 Å². The molecule has 0 aromatic heterocycles. The monoisotopic (exact) mass is 285 g/mol. The molecule has 6 heteroatoms. The zero-order chi connectivity index (χ0) is 14.8. The molecule has 1 aliphatic heterocycles. The first kappa shape index (κ1) is 15.3. The van der Waals surface area contributed by atoms with Gasteiger partial charge in [-0.2, -0.15) is 0 Å². The molecule has 1 saturated heterocycles. The summed E-state index contributed by atoms with van der Waals surface area (Å²) < 4.78 is 5.22. The minimum Gasteiger partial charge on any atom is -0.481 e. The Balaban J connectivity index is 1.87. The molecule has 0 aromatic carbocycles. The molecule has 2 aliphatic rings. The number of hydrogen-bond donors (Lipinski definition) is 2. The van der Waals surface area contributed by atoms with Crippen molar-refractivity contribution >= 4 is 11.9 Å². The maximum Gasteiger partial charge on any atom is 0.306 e. The van der Waals surface area contributed by atoms with Crippen LogP contribution in [0, 0.1) is 11.8 Å². The first-order chi connectivity index (χ1) is 9.41. The summed E-state index contributed by atoms with van der Waals surface area (Å²) in [4.78, 5) is 24.8. The van der Waals surface area contributed by atoms with E-state index in [0.717, 1.165) is 0 Å². The van der Waals surface area contributed by atoms with E-state index in [1.165, 1.54) is 0 Å². The van der Waals surface area contributed by atoms with Crippen molar-refractivity contribution < 1.29 is 24.5 Å². The number of hydrogen-bond acceptors (Lipinski definition) is 4. The van der Waals surface area contributed by atoms with E-state index in [9.17, 15) is 14.7 Å². The molecule has 2 fully saturated rings. The zero-order valence-corrected chi connectivity index (χ0v) is 11.9. The molecule has 1 saturated carbocycles. The topological polar surface area (TPSA) is 87.1 Å². The minimum atomic E-state index is -0.868. The van der Waals surface area contributed by atoms with Crippen molar-refractivity contribution in [2.45, 2.75) is 37.7 Å². The van der Waals surface area contributed by atoms with Gasteiger partial charge < -0.3 is 19.8 Å². The predicted molar refractivity (Wildman–Crippen MR) is 71.1 cm³/mol. The number of aliphatic hydroxyl groups is 1. The third kappa shape index (κ3) is 3.49. The Labute approximate surface area is 118 Å². The molecule has 0 spiro atoms. The van der Waals surface area contributed by atoms with Crippen LogP contribution >= 0.6 is 0 Å². The molecule has 2 N–H and O–H groups in total. The fraction of sp³-hybridized carbons (Fsp3) is 0.857. The lowest BCUT2D eigenvalue weighted by Crippen LogP contribution is -2.48. The number of carbonyl (C=O) groups is 2. The molecule has 20 heavy (non-hydrogen) atoms. The van der Waals surface area contributed by atoms with Gasteiger partial charge in [-0.1, -0.05) is 0 Å². The SMILES string of the molecule is CN(CC1(O)CCOCC1)C(=O)[C@@H]1CC[C@H](C(=O)O)C1. The van der Waals surface area contributed by atoms with Crippen LogP contribution in [0.1, 0.15) is 32.1 Å². The van der Waals surface area contributed by atoms with Gasteiger partial charge in [-0.25, -0.2) is 0 Å². The van der Waals surface area contributed by atoms with Crippen LogP contribution in [0.3, 0.4) is 0 Å². The van der Waals surface area contributed by atoms with Gasteiger partial charge in [-0.15, -0.1) is 0 Å². The molecule has 6 nitrogen and oxygen atoms in total. The molecule has 0 bridgehead atoms. The normalized spacial score (nSPS) is 29.1. The summed E-state index contributed by atoms with van der Waals surface area (Å²) in [6.45, 7) is 1.33. The summed E-state index contributed by atoms with van der Waals surface area (Å²) in [5, 5.41) is 19.4. The van der Waals surface area contributed by atoms with Gasteiger partial charge in [0.15, 0.2) is 0 Å². The van der Waals surface area contributed by atoms with E-state index < -0.39 is 17.5 Å². The van der Waals surface area contributed by atoms with Gasteiger partial charge in [0.1, 0.15) is 0 Å². The number of amides is 1. The van der Waals surface area contributed by atoms with Crippen molar-refractivity contribution in [1.29, 1.82) is 0 Å². The maximum absolute atomic E-state index is 12.3. The molecule has 2 atom stereocenters. The summed E-state index contributed by atoms with van der Waals surface area (Å²) in [6, 6.07) is 0. The predicted octanol–water partition coefficient (Wildman–Crippen LogP) is 0.487. The zero-order valence-electron chi connectivity index (χ0n) is 11.9. The molecule has 0 aromatic rings. The lowest BCUT2D eigenvalue weighted by Gasteiger charge is -2.36. The van der Waals surface area contributed by atoms with E-state index in [1.54, 1.807) is 11.9 Å². The number of aliphatic carboxylic acids is 1. The number of likely N-dealkylation sites (N-methyl/N-ethyl adjacent to an activating group) is 1. The Kier molecular flexibility index (Phi) is 4.65. The second-order valence-electron chi connectivity index (χ2n) is 6.08. The number of rotatable bonds is 4. The Morgan fingerprint density at radius 1 is 1.25 bits per heavy atom. The fourth-order valence-electron chi connectivity index (χ4n) is 3.17. The van der Waals surface area contributed by atoms with Crippen molar-refractivity contribution in [2.75, 3.05) is 26.8 Å². The molecular weight excluding hydrogens is 262 g/mol. The standard InChI is InChI=1S/C14H23NO5/c1-15(9-14(19)4-6-20-7-5-14)12(16)10-2-3-11(8-10)13(17)18/h10-11,19H,2-9H2,1H3,(H,17,18)/t10-,11+/m1/s1. The lowest BCUT2D eigenvalue weighted by atomic mass is 9.93. The van der Waals surface area contributed by atoms with E-state index in [2.05, 4.69) is 0 Å². The van der Waals surface area contributed by atoms with Gasteiger partial charge in [0, 0.05) is 45.6 Å². The van der Waals surface area contributed by atoms with Crippen molar-refractivity contribution in [3.63, 3.8) is 0 Å². The van der Waals surface area contributed by atoms with Crippen LogP contribution in [0.5, 0.6) is 0 Å². The van der Waals surface area contributed by atoms with E-state index in [-0.39, 0.29) is 11.8 Å². The first-order valence-electron chi connectivity index (χ1n) is 7.19. The summed E-state index contributed by atoms with van der Waals surface area (Å²) in [5.41, 5.74) is -0.868. The van der Waals surface area contributed by atoms with E-state index in [1.807, 2.05) is 0 Å². The van der Waals surface area contributed by atoms with Gasteiger partial charge in [0.05, 0.1) is 11.5 Å². The van der Waals surface area contributed by atoms with Crippen LogP contribution in [0.25, 0.3) is 0 Å². The smallest absolute Gasteiger partial charge is 0.306 e. The van der Waals surface area contributed by atoms with Gasteiger partial charge in [-0.05, 0) is 19.3 Å². The molecule has 0 radical (unpaired) electrons. The Hall–Kier alpha value is -1.14. The highest BCUT2D eigenvalue weighted by Gasteiger charge is 2.38. The molecule has 1 aliphatic carbocycles. The average Bonchev–Trinajstić information content (AvgIpc) is 2.87. The van der Waals surface area contributed by atoms with Crippen LogP contribution in [-0.4, -0.2) is 59.4 Å². The first-order valence-corrected chi connectivity index (χ1v) is 7.19. The molecule has 1 amide bonds. The quantitative estimate of drug-likeness (QED) is 0.785. The fourth-order valence-corrected chi connectivity index (χ4v) is 3.17. The summed E-state index contributed by atoms with van der Waals surface area (Å²) in [6.07, 6.45) is 2.68. The van der Waals surface area contributed by atoms with Crippen molar-refractivity contribution in [1.82, 2.24) is 4.90 Å². The highest BCUT2D eigenvalue weighted by Crippen LogP contribution is 2.32. The number of carboxylic acids is 1. The summed E-state index contributed by atoms with van der Waals surface area (Å²) in [7, 11) is 1.68. The van der Waals surface area contributed by atoms with Gasteiger partial charge in [0.25, 0.3) is 0 Å². The van der Waals surface area contributed by atoms with E-state index in [0.29, 0.717) is 51.9 Å². The third-order valence-electron chi connectivity index (χ3n) is 4.46. The molecule has 0 unspecified atom stereocenters. The van der Waals surface area contributed by atoms with Crippen molar-refractivity contribution in [3.05, 3.63) is 0 Å². The van der Waals surface area contributed by atoms with Crippen molar-refractivity contribution in [3.8, 4) is 0 Å². The molecule has 1 heterocycles. The van der Waals surface area contributed by atoms with Crippen LogP contribution in [-0.2, 0) is 14.3 Å². The minimum absolute atomic E-state index is 0.0475. The third-order valence-corrected chi connectivity index (χ3v) is 4.46. The highest BCUT2D eigenvalue weighted by atomic mass is 16.5. The van der Waals surface area contributed by atoms with Crippen LogP contribution in [0.2, 0.25) is 0 Å². The van der Waals surface area contributed by atoms with Crippen LogP contribution in [0.4, 0.5) is 0 Å². The number of ether oxygens (including phenoxy) is 1. The van der Waals surface area contributed by atoms with E-state index in [4.69, 9.17) is 9.84 Å². The Morgan fingerprint density at radius 2 is 1.85 bits per heavy atom. The largest absolute Gasteiger partial charge is 0.481 e. The number of carboxylic acid groups (broad SMARTS) is 1. The summed E-state index contributed by atoms with van der Waals surface area (Å²) >= 11 is 0. The van der Waals surface area contributed by atoms with Crippen LogP contribution in [0.15, 0.2) is 0 Å². The average molecular weight is 285 g/mol. The molecule has 114 valence electrons. The lowest BCUT2D eigenvalue weighted by molar-refractivity contribution is -0.142. The Morgan fingerprint density at radius 3 is 2.40 bits per heavy atom. The number of nitrogens with zero attached hydrogens (tertiary/aromatic N) is 1. The maximum atomic E-state index is 12.3. The van der Waals surface area contributed by atoms with Crippen molar-refractivity contribution in [2.24, 2.45) is 11.8 Å². The number of carbonyl (C=O) groups excluding carboxylic acids is 1. The van der Waals surface area contributed by atoms with Gasteiger partial charge >= 0.3 is 5.97 Å². The van der Waals surface area contributed by atoms with E-state index >= 15 is 0 Å². The molecule has 2 rings (SSSR count). The second-order valence-corrected chi connectivity index (χ2v) is 6.08. The van der Waals surface area contributed by atoms with Crippen LogP contribution < -0.4 is 0 Å². The van der Waals surface area contributed by atoms with Gasteiger partial charge in [0.2, 0.25) is 5.91 Å². The highest BCUT2D eigenvalue weighted by molar-refractivity contribution is 5.80. The Bertz CT molecular complexity index is 378.